The van der Waals surface area contributed by atoms with Crippen LogP contribution in [-0.2, 0) is 0 Å². The third-order valence-electron chi connectivity index (χ3n) is 1.66. The zero-order valence-corrected chi connectivity index (χ0v) is 12.4. The number of rotatable bonds is 3. The Balaban J connectivity index is 0. The molecule has 4 heteroatoms. The summed E-state index contributed by atoms with van der Waals surface area (Å²) in [5, 5.41) is 0. The number of hydrogen-bond donors (Lipinski definition) is 1. The highest BCUT2D eigenvalue weighted by molar-refractivity contribution is 5.93. The van der Waals surface area contributed by atoms with Gasteiger partial charge in [-0.15, -0.1) is 0 Å². The van der Waals surface area contributed by atoms with Crippen LogP contribution in [0, 0.1) is 0 Å². The summed E-state index contributed by atoms with van der Waals surface area (Å²) in [6, 6.07) is 3.35. The van der Waals surface area contributed by atoms with Crippen LogP contribution in [0.2, 0.25) is 0 Å². The number of Topliss-reactive ketones (excluding diaryl/α,β-unsaturated/α-hetero) is 1. The van der Waals surface area contributed by atoms with E-state index in [0.29, 0.717) is 11.4 Å². The number of ether oxygens (including phenoxy) is 1. The minimum atomic E-state index is 0.00471. The van der Waals surface area contributed by atoms with E-state index in [4.69, 9.17) is 10.5 Å². The summed E-state index contributed by atoms with van der Waals surface area (Å²) in [4.78, 5) is 14.8. The lowest BCUT2D eigenvalue weighted by atomic mass is 10.2. The minimum Gasteiger partial charge on any atom is -0.447 e. The Morgan fingerprint density at radius 1 is 1.26 bits per heavy atom. The highest BCUT2D eigenvalue weighted by atomic mass is 16.5. The number of aromatic nitrogens is 1. The van der Waals surface area contributed by atoms with Crippen molar-refractivity contribution >= 4 is 5.78 Å². The fraction of sp³-hybridized carbons (Fsp3) is 0.333. The molecule has 0 atom stereocenters. The van der Waals surface area contributed by atoms with Gasteiger partial charge in [-0.05, 0) is 33.0 Å². The first-order chi connectivity index (χ1) is 9.15. The molecule has 1 aromatic heterocycles. The Hall–Kier alpha value is -2.10. The zero-order chi connectivity index (χ0) is 15.1. The minimum absolute atomic E-state index is 0.00471. The Kier molecular flexibility index (Phi) is 14.1. The maximum absolute atomic E-state index is 10.9. The van der Waals surface area contributed by atoms with Gasteiger partial charge < -0.3 is 10.5 Å². The SMILES string of the molecule is C/C=C/Oc1ccc(C(C)=O)cn1.C/C=C\N.CC. The van der Waals surface area contributed by atoms with Crippen LogP contribution >= 0.6 is 0 Å². The van der Waals surface area contributed by atoms with Crippen LogP contribution in [0.3, 0.4) is 0 Å². The second-order valence-electron chi connectivity index (χ2n) is 3.05. The van der Waals surface area contributed by atoms with E-state index in [2.05, 4.69) is 4.98 Å². The smallest absolute Gasteiger partial charge is 0.218 e. The molecule has 0 saturated carbocycles. The largest absolute Gasteiger partial charge is 0.447 e. The van der Waals surface area contributed by atoms with Gasteiger partial charge in [0, 0.05) is 17.8 Å². The molecule has 4 nitrogen and oxygen atoms in total. The van der Waals surface area contributed by atoms with Crippen LogP contribution < -0.4 is 10.5 Å². The molecule has 0 saturated heterocycles. The lowest BCUT2D eigenvalue weighted by molar-refractivity contribution is 0.101. The number of nitrogens with zero attached hydrogens (tertiary/aromatic N) is 1. The van der Waals surface area contributed by atoms with Gasteiger partial charge in [0.25, 0.3) is 0 Å². The van der Waals surface area contributed by atoms with Crippen molar-refractivity contribution in [3.63, 3.8) is 0 Å². The van der Waals surface area contributed by atoms with E-state index >= 15 is 0 Å². The number of pyridine rings is 1. The molecule has 0 aromatic carbocycles. The average Bonchev–Trinajstić information content (AvgIpc) is 2.48. The molecule has 0 fully saturated rings. The number of carbonyl (C=O) groups is 1. The van der Waals surface area contributed by atoms with Gasteiger partial charge in [-0.1, -0.05) is 26.0 Å². The third-order valence-corrected chi connectivity index (χ3v) is 1.66. The topological polar surface area (TPSA) is 65.2 Å². The first-order valence-electron chi connectivity index (χ1n) is 6.23. The van der Waals surface area contributed by atoms with Crippen molar-refractivity contribution < 1.29 is 9.53 Å². The molecule has 19 heavy (non-hydrogen) atoms. The molecule has 106 valence electrons. The number of nitrogens with two attached hydrogens (primary N) is 1. The Labute approximate surface area is 116 Å². The Bertz CT molecular complexity index is 378. The molecule has 2 N–H and O–H groups in total. The van der Waals surface area contributed by atoms with Crippen molar-refractivity contribution in [2.24, 2.45) is 5.73 Å². The third kappa shape index (κ3) is 10.8. The Morgan fingerprint density at radius 3 is 2.16 bits per heavy atom. The first-order valence-corrected chi connectivity index (χ1v) is 6.23. The maximum atomic E-state index is 10.9. The lowest BCUT2D eigenvalue weighted by Gasteiger charge is -1.98. The van der Waals surface area contributed by atoms with Crippen molar-refractivity contribution in [2.75, 3.05) is 0 Å². The summed E-state index contributed by atoms with van der Waals surface area (Å²) in [6.07, 6.45) is 8.08. The van der Waals surface area contributed by atoms with Gasteiger partial charge in [0.05, 0.1) is 6.26 Å². The van der Waals surface area contributed by atoms with E-state index in [0.717, 1.165) is 0 Å². The number of carbonyl (C=O) groups excluding carboxylic acids is 1. The van der Waals surface area contributed by atoms with Crippen molar-refractivity contribution in [3.8, 4) is 5.88 Å². The molecule has 0 amide bonds. The fourth-order valence-corrected chi connectivity index (χ4v) is 0.796. The standard InChI is InChI=1S/C10H11NO2.C3H7N.C2H6/c1-3-6-13-10-5-4-9(7-11-10)8(2)12;1-2-3-4;1-2/h3-7H,1-2H3;2-3H,4H2,1H3;1-2H3/b6-3+;3-2-;. The lowest BCUT2D eigenvalue weighted by Crippen LogP contribution is -1.93. The van der Waals surface area contributed by atoms with E-state index < -0.39 is 0 Å². The van der Waals surface area contributed by atoms with Gasteiger partial charge in [-0.25, -0.2) is 4.98 Å². The van der Waals surface area contributed by atoms with Gasteiger partial charge in [0.2, 0.25) is 5.88 Å². The molecule has 0 spiro atoms. The van der Waals surface area contributed by atoms with E-state index in [9.17, 15) is 4.79 Å². The van der Waals surface area contributed by atoms with Crippen molar-refractivity contribution in [3.05, 3.63) is 48.5 Å². The summed E-state index contributed by atoms with van der Waals surface area (Å²) in [6.45, 7) is 9.23. The average molecular weight is 264 g/mol. The number of allylic oxidation sites excluding steroid dienone is 2. The molecule has 1 aromatic rings. The van der Waals surface area contributed by atoms with E-state index in [-0.39, 0.29) is 5.78 Å². The van der Waals surface area contributed by atoms with Crippen LogP contribution in [-0.4, -0.2) is 10.8 Å². The Morgan fingerprint density at radius 2 is 1.84 bits per heavy atom. The summed E-state index contributed by atoms with van der Waals surface area (Å²) in [7, 11) is 0. The molecule has 1 rings (SSSR count). The first kappa shape index (κ1) is 19.2. The quantitative estimate of drug-likeness (QED) is 0.667. The maximum Gasteiger partial charge on any atom is 0.218 e. The second-order valence-corrected chi connectivity index (χ2v) is 3.05. The van der Waals surface area contributed by atoms with Gasteiger partial charge in [0.1, 0.15) is 0 Å². The van der Waals surface area contributed by atoms with Gasteiger partial charge in [0.15, 0.2) is 5.78 Å². The molecule has 0 aliphatic carbocycles. The monoisotopic (exact) mass is 264 g/mol. The molecule has 0 aliphatic heterocycles. The van der Waals surface area contributed by atoms with Crippen molar-refractivity contribution in [2.45, 2.75) is 34.6 Å². The van der Waals surface area contributed by atoms with Crippen molar-refractivity contribution in [1.82, 2.24) is 4.98 Å². The van der Waals surface area contributed by atoms with Crippen molar-refractivity contribution in [1.29, 1.82) is 0 Å². The van der Waals surface area contributed by atoms with Gasteiger partial charge in [-0.2, -0.15) is 0 Å². The zero-order valence-electron chi connectivity index (χ0n) is 12.4. The summed E-state index contributed by atoms with van der Waals surface area (Å²) in [5.74, 6) is 0.494. The van der Waals surface area contributed by atoms with Gasteiger partial charge in [-0.3, -0.25) is 4.79 Å². The number of hydrogen-bond acceptors (Lipinski definition) is 4. The molecule has 1 heterocycles. The summed E-state index contributed by atoms with van der Waals surface area (Å²) >= 11 is 0. The predicted octanol–water partition coefficient (Wildman–Crippen LogP) is 3.70. The van der Waals surface area contributed by atoms with E-state index in [1.54, 1.807) is 24.3 Å². The molecule has 0 unspecified atom stereocenters. The molecular formula is C15H24N2O2. The molecule has 0 radical (unpaired) electrons. The van der Waals surface area contributed by atoms with Gasteiger partial charge >= 0.3 is 0 Å². The molecular weight excluding hydrogens is 240 g/mol. The summed E-state index contributed by atoms with van der Waals surface area (Å²) < 4.78 is 5.09. The van der Waals surface area contributed by atoms with Crippen LogP contribution in [0.15, 0.2) is 42.9 Å². The second kappa shape index (κ2) is 14.0. The van der Waals surface area contributed by atoms with Crippen LogP contribution in [0.25, 0.3) is 0 Å². The van der Waals surface area contributed by atoms with Crippen LogP contribution in [0.5, 0.6) is 5.88 Å². The predicted molar refractivity (Wildman–Crippen MR) is 80.0 cm³/mol. The fourth-order valence-electron chi connectivity index (χ4n) is 0.796. The van der Waals surface area contributed by atoms with E-state index in [1.165, 1.54) is 25.6 Å². The van der Waals surface area contributed by atoms with E-state index in [1.807, 2.05) is 27.7 Å². The highest BCUT2D eigenvalue weighted by Gasteiger charge is 1.99. The normalized spacial score (nSPS) is 9.32. The van der Waals surface area contributed by atoms with Crippen LogP contribution in [0.1, 0.15) is 45.0 Å². The molecule has 0 aliphatic rings. The summed E-state index contributed by atoms with van der Waals surface area (Å²) in [5.41, 5.74) is 5.44. The van der Waals surface area contributed by atoms with Crippen LogP contribution in [0.4, 0.5) is 0 Å². The number of ketones is 1. The highest BCUT2D eigenvalue weighted by Crippen LogP contribution is 2.07. The molecule has 0 bridgehead atoms.